The summed E-state index contributed by atoms with van der Waals surface area (Å²) in [6.45, 7) is 1.18. The maximum absolute atomic E-state index is 11.9. The Balaban J connectivity index is 1.89. The molecule has 0 aliphatic heterocycles. The zero-order valence-corrected chi connectivity index (χ0v) is 13.8. The summed E-state index contributed by atoms with van der Waals surface area (Å²) in [7, 11) is 1.63. The van der Waals surface area contributed by atoms with Crippen molar-refractivity contribution in [3.05, 3.63) is 46.7 Å². The molecule has 0 spiro atoms. The molecule has 2 rings (SSSR count). The third kappa shape index (κ3) is 5.09. The standard InChI is InChI=1S/C15H17BrN4O2/c1-22-8-2-7-17-14(21)11-9-18-15(19-10-11)20-13-5-3-12(16)4-6-13/h3-6,9-10H,2,7-8H2,1H3,(H,17,21)(H,18,19,20). The largest absolute Gasteiger partial charge is 0.385 e. The van der Waals surface area contributed by atoms with Gasteiger partial charge in [0.1, 0.15) is 0 Å². The fraction of sp³-hybridized carbons (Fsp3) is 0.267. The van der Waals surface area contributed by atoms with Crippen LogP contribution in [0.2, 0.25) is 0 Å². The Labute approximate surface area is 137 Å². The second kappa shape index (κ2) is 8.45. The molecule has 6 nitrogen and oxygen atoms in total. The summed E-state index contributed by atoms with van der Waals surface area (Å²) in [6.07, 6.45) is 3.77. The second-order valence-corrected chi connectivity index (χ2v) is 5.45. The number of ether oxygens (including phenoxy) is 1. The summed E-state index contributed by atoms with van der Waals surface area (Å²) in [5, 5.41) is 5.85. The van der Waals surface area contributed by atoms with Gasteiger partial charge < -0.3 is 15.4 Å². The van der Waals surface area contributed by atoms with E-state index in [4.69, 9.17) is 4.74 Å². The van der Waals surface area contributed by atoms with Crippen molar-refractivity contribution < 1.29 is 9.53 Å². The zero-order valence-electron chi connectivity index (χ0n) is 12.2. The topological polar surface area (TPSA) is 76.1 Å². The van der Waals surface area contributed by atoms with E-state index < -0.39 is 0 Å². The van der Waals surface area contributed by atoms with Gasteiger partial charge in [-0.15, -0.1) is 0 Å². The number of anilines is 2. The smallest absolute Gasteiger partial charge is 0.254 e. The van der Waals surface area contributed by atoms with Crippen LogP contribution < -0.4 is 10.6 Å². The molecule has 22 heavy (non-hydrogen) atoms. The molecule has 0 unspecified atom stereocenters. The Bertz CT molecular complexity index is 602. The molecule has 2 aromatic rings. The van der Waals surface area contributed by atoms with E-state index in [-0.39, 0.29) is 5.91 Å². The normalized spacial score (nSPS) is 10.3. The van der Waals surface area contributed by atoms with Gasteiger partial charge in [0, 0.05) is 42.8 Å². The minimum absolute atomic E-state index is 0.189. The van der Waals surface area contributed by atoms with E-state index in [1.54, 1.807) is 7.11 Å². The lowest BCUT2D eigenvalue weighted by molar-refractivity contribution is 0.0948. The fourth-order valence-electron chi connectivity index (χ4n) is 1.69. The highest BCUT2D eigenvalue weighted by molar-refractivity contribution is 9.10. The highest BCUT2D eigenvalue weighted by Gasteiger charge is 2.06. The number of halogens is 1. The van der Waals surface area contributed by atoms with Gasteiger partial charge in [0.15, 0.2) is 0 Å². The average Bonchev–Trinajstić information content (AvgIpc) is 2.54. The summed E-state index contributed by atoms with van der Waals surface area (Å²) in [5.74, 6) is 0.254. The number of hydrogen-bond acceptors (Lipinski definition) is 5. The van der Waals surface area contributed by atoms with E-state index in [2.05, 4.69) is 36.5 Å². The molecule has 0 saturated carbocycles. The van der Waals surface area contributed by atoms with Crippen molar-refractivity contribution in [1.29, 1.82) is 0 Å². The van der Waals surface area contributed by atoms with Crippen LogP contribution in [0, 0.1) is 0 Å². The monoisotopic (exact) mass is 364 g/mol. The van der Waals surface area contributed by atoms with Crippen molar-refractivity contribution in [2.45, 2.75) is 6.42 Å². The highest BCUT2D eigenvalue weighted by atomic mass is 79.9. The number of methoxy groups -OCH3 is 1. The first-order chi connectivity index (χ1) is 10.7. The molecule has 0 radical (unpaired) electrons. The van der Waals surface area contributed by atoms with Crippen LogP contribution in [0.3, 0.4) is 0 Å². The van der Waals surface area contributed by atoms with Gasteiger partial charge in [0.25, 0.3) is 5.91 Å². The van der Waals surface area contributed by atoms with E-state index in [0.29, 0.717) is 24.7 Å². The van der Waals surface area contributed by atoms with Crippen molar-refractivity contribution in [3.63, 3.8) is 0 Å². The van der Waals surface area contributed by atoms with Crippen LogP contribution in [0.5, 0.6) is 0 Å². The number of benzene rings is 1. The maximum atomic E-state index is 11.9. The van der Waals surface area contributed by atoms with Gasteiger partial charge in [0.05, 0.1) is 5.56 Å². The average molecular weight is 365 g/mol. The van der Waals surface area contributed by atoms with E-state index in [9.17, 15) is 4.79 Å². The van der Waals surface area contributed by atoms with Crippen LogP contribution in [0.25, 0.3) is 0 Å². The Morgan fingerprint density at radius 3 is 2.55 bits per heavy atom. The number of hydrogen-bond donors (Lipinski definition) is 2. The highest BCUT2D eigenvalue weighted by Crippen LogP contribution is 2.16. The van der Waals surface area contributed by atoms with Gasteiger partial charge in [0.2, 0.25) is 5.95 Å². The summed E-state index contributed by atoms with van der Waals surface area (Å²) in [4.78, 5) is 20.1. The molecule has 1 aromatic heterocycles. The molecule has 1 amide bonds. The van der Waals surface area contributed by atoms with E-state index in [1.165, 1.54) is 12.4 Å². The molecule has 0 aliphatic rings. The van der Waals surface area contributed by atoms with Gasteiger partial charge >= 0.3 is 0 Å². The van der Waals surface area contributed by atoms with Crippen molar-refractivity contribution in [2.24, 2.45) is 0 Å². The predicted octanol–water partition coefficient (Wildman–Crippen LogP) is 2.75. The van der Waals surface area contributed by atoms with Crippen molar-refractivity contribution in [3.8, 4) is 0 Å². The lowest BCUT2D eigenvalue weighted by Crippen LogP contribution is -2.25. The third-order valence-electron chi connectivity index (χ3n) is 2.83. The number of carbonyl (C=O) groups excluding carboxylic acids is 1. The Morgan fingerprint density at radius 1 is 1.23 bits per heavy atom. The predicted molar refractivity (Wildman–Crippen MR) is 88.3 cm³/mol. The van der Waals surface area contributed by atoms with Gasteiger partial charge in [-0.25, -0.2) is 9.97 Å². The van der Waals surface area contributed by atoms with E-state index in [0.717, 1.165) is 16.6 Å². The maximum Gasteiger partial charge on any atom is 0.254 e. The molecule has 0 fully saturated rings. The minimum atomic E-state index is -0.189. The molecule has 0 atom stereocenters. The summed E-state index contributed by atoms with van der Waals surface area (Å²) in [5.41, 5.74) is 1.30. The van der Waals surface area contributed by atoms with Crippen LogP contribution in [0.4, 0.5) is 11.6 Å². The number of nitrogens with one attached hydrogen (secondary N) is 2. The molecule has 116 valence electrons. The molecule has 2 N–H and O–H groups in total. The molecule has 0 aliphatic carbocycles. The summed E-state index contributed by atoms with van der Waals surface area (Å²) in [6, 6.07) is 7.65. The SMILES string of the molecule is COCCCNC(=O)c1cnc(Nc2ccc(Br)cc2)nc1. The van der Waals surface area contributed by atoms with E-state index >= 15 is 0 Å². The molecule has 7 heteroatoms. The quantitative estimate of drug-likeness (QED) is 0.738. The number of nitrogens with zero attached hydrogens (tertiary/aromatic N) is 2. The number of rotatable bonds is 7. The first kappa shape index (κ1) is 16.4. The molecule has 1 aromatic carbocycles. The molecule has 0 saturated heterocycles. The van der Waals surface area contributed by atoms with Crippen LogP contribution in [-0.4, -0.2) is 36.1 Å². The first-order valence-electron chi connectivity index (χ1n) is 6.81. The molecule has 1 heterocycles. The van der Waals surface area contributed by atoms with Gasteiger partial charge in [-0.1, -0.05) is 15.9 Å². The summed E-state index contributed by atoms with van der Waals surface area (Å²) < 4.78 is 5.92. The van der Waals surface area contributed by atoms with Crippen molar-refractivity contribution >= 4 is 33.5 Å². The van der Waals surface area contributed by atoms with E-state index in [1.807, 2.05) is 24.3 Å². The Morgan fingerprint density at radius 2 is 1.91 bits per heavy atom. The van der Waals surface area contributed by atoms with Crippen LogP contribution in [0.1, 0.15) is 16.8 Å². The van der Waals surface area contributed by atoms with Crippen LogP contribution in [-0.2, 0) is 4.74 Å². The van der Waals surface area contributed by atoms with Crippen LogP contribution in [0.15, 0.2) is 41.1 Å². The lowest BCUT2D eigenvalue weighted by Gasteiger charge is -2.06. The summed E-state index contributed by atoms with van der Waals surface area (Å²) >= 11 is 3.38. The van der Waals surface area contributed by atoms with Crippen LogP contribution >= 0.6 is 15.9 Å². The van der Waals surface area contributed by atoms with Gasteiger partial charge in [-0.05, 0) is 30.7 Å². The molecular weight excluding hydrogens is 348 g/mol. The Hall–Kier alpha value is -1.99. The number of amides is 1. The second-order valence-electron chi connectivity index (χ2n) is 4.53. The number of aromatic nitrogens is 2. The van der Waals surface area contributed by atoms with Gasteiger partial charge in [-0.2, -0.15) is 0 Å². The van der Waals surface area contributed by atoms with Gasteiger partial charge in [-0.3, -0.25) is 4.79 Å². The number of carbonyl (C=O) groups is 1. The lowest BCUT2D eigenvalue weighted by atomic mass is 10.3. The molecular formula is C15H17BrN4O2. The third-order valence-corrected chi connectivity index (χ3v) is 3.35. The molecule has 0 bridgehead atoms. The Kier molecular flexibility index (Phi) is 6.29. The fourth-order valence-corrected chi connectivity index (χ4v) is 1.96. The first-order valence-corrected chi connectivity index (χ1v) is 7.60. The van der Waals surface area contributed by atoms with Crippen molar-refractivity contribution in [1.82, 2.24) is 15.3 Å². The minimum Gasteiger partial charge on any atom is -0.385 e. The van der Waals surface area contributed by atoms with Crippen molar-refractivity contribution in [2.75, 3.05) is 25.6 Å². The zero-order chi connectivity index (χ0) is 15.8.